The smallest absolute Gasteiger partial charge is 0.251 e. The molecule has 3 N–H and O–H groups in total. The average Bonchev–Trinajstić information content (AvgIpc) is 3.36. The lowest BCUT2D eigenvalue weighted by molar-refractivity contribution is -0.119. The summed E-state index contributed by atoms with van der Waals surface area (Å²) >= 11 is 2.85. The lowest BCUT2D eigenvalue weighted by atomic mass is 10.0. The van der Waals surface area contributed by atoms with E-state index in [9.17, 15) is 4.79 Å². The minimum Gasteiger partial charge on any atom is -0.378 e. The number of nitrogens with one attached hydrogen (secondary N) is 1. The first kappa shape index (κ1) is 31.2. The van der Waals surface area contributed by atoms with Gasteiger partial charge in [-0.15, -0.1) is 11.8 Å². The fourth-order valence-corrected chi connectivity index (χ4v) is 3.94. The van der Waals surface area contributed by atoms with Gasteiger partial charge in [0.1, 0.15) is 0 Å². The summed E-state index contributed by atoms with van der Waals surface area (Å²) in [4.78, 5) is 17.1. The number of amides is 1. The van der Waals surface area contributed by atoms with Crippen molar-refractivity contribution < 1.29 is 4.79 Å². The van der Waals surface area contributed by atoms with E-state index >= 15 is 0 Å². The predicted octanol–water partition coefficient (Wildman–Crippen LogP) is 7.66. The number of allylic oxidation sites excluding steroid dienone is 4. The van der Waals surface area contributed by atoms with Crippen LogP contribution in [0, 0.1) is 23.2 Å². The molecule has 0 aromatic carbocycles. The minimum absolute atomic E-state index is 0.0758. The molecular formula is C24H45N3OS2. The molecule has 2 fully saturated rings. The van der Waals surface area contributed by atoms with E-state index < -0.39 is 0 Å². The Balaban J connectivity index is 0. The van der Waals surface area contributed by atoms with Crippen LogP contribution in [0.15, 0.2) is 28.1 Å². The third-order valence-electron chi connectivity index (χ3n) is 4.74. The molecule has 2 atom stereocenters. The lowest BCUT2D eigenvalue weighted by Gasteiger charge is -2.05. The summed E-state index contributed by atoms with van der Waals surface area (Å²) in [5.74, 6) is 1.35. The van der Waals surface area contributed by atoms with Crippen LogP contribution in [0.3, 0.4) is 0 Å². The molecule has 0 aliphatic heterocycles. The maximum absolute atomic E-state index is 11.8. The summed E-state index contributed by atoms with van der Waals surface area (Å²) < 4.78 is 0. The van der Waals surface area contributed by atoms with Crippen molar-refractivity contribution in [3.63, 3.8) is 0 Å². The number of hydrogen-bond acceptors (Lipinski definition) is 4. The molecule has 0 aromatic heterocycles. The Labute approximate surface area is 194 Å². The number of nitrogens with two attached hydrogens (primary N) is 1. The van der Waals surface area contributed by atoms with E-state index in [1.165, 1.54) is 30.6 Å². The molecule has 0 radical (unpaired) electrons. The first-order valence-electron chi connectivity index (χ1n) is 11.3. The Morgan fingerprint density at radius 1 is 1.17 bits per heavy atom. The van der Waals surface area contributed by atoms with Crippen molar-refractivity contribution in [1.29, 1.82) is 5.41 Å². The second kappa shape index (κ2) is 19.9. The SMILES string of the molecule is C/C=C\C/C=C(\C)SC.CC.CC.CC(=N)SC(N)=NC(=O)C1CC1C1CCCC1. The number of thioether (sulfide) groups is 2. The van der Waals surface area contributed by atoms with Gasteiger partial charge in [-0.1, -0.05) is 71.6 Å². The van der Waals surface area contributed by atoms with Gasteiger partial charge >= 0.3 is 0 Å². The van der Waals surface area contributed by atoms with Crippen LogP contribution in [0.1, 0.15) is 87.0 Å². The van der Waals surface area contributed by atoms with Crippen LogP contribution in [0.25, 0.3) is 0 Å². The highest BCUT2D eigenvalue weighted by atomic mass is 32.2. The second-order valence-corrected chi connectivity index (χ2v) is 9.11. The van der Waals surface area contributed by atoms with Gasteiger partial charge in [0.05, 0.1) is 5.04 Å². The molecule has 174 valence electrons. The molecule has 2 unspecified atom stereocenters. The highest BCUT2D eigenvalue weighted by Gasteiger charge is 2.47. The van der Waals surface area contributed by atoms with Crippen LogP contribution < -0.4 is 5.73 Å². The summed E-state index contributed by atoms with van der Waals surface area (Å²) in [6.07, 6.45) is 15.8. The van der Waals surface area contributed by atoms with E-state index in [4.69, 9.17) is 11.1 Å². The number of rotatable bonds is 5. The molecule has 0 spiro atoms. The Morgan fingerprint density at radius 2 is 1.73 bits per heavy atom. The van der Waals surface area contributed by atoms with Crippen molar-refractivity contribution in [2.24, 2.45) is 28.5 Å². The highest BCUT2D eigenvalue weighted by Crippen LogP contribution is 2.50. The van der Waals surface area contributed by atoms with Gasteiger partial charge in [0.2, 0.25) is 0 Å². The molecule has 2 saturated carbocycles. The van der Waals surface area contributed by atoms with Crippen molar-refractivity contribution >= 4 is 39.6 Å². The zero-order valence-electron chi connectivity index (χ0n) is 20.5. The predicted molar refractivity (Wildman–Crippen MR) is 141 cm³/mol. The topological polar surface area (TPSA) is 79.3 Å². The molecule has 0 saturated heterocycles. The van der Waals surface area contributed by atoms with E-state index in [0.29, 0.717) is 11.0 Å². The Morgan fingerprint density at radius 3 is 2.20 bits per heavy atom. The van der Waals surface area contributed by atoms with Gasteiger partial charge in [0.25, 0.3) is 5.91 Å². The third-order valence-corrected chi connectivity index (χ3v) is 6.16. The Hall–Kier alpha value is -1.01. The first-order valence-corrected chi connectivity index (χ1v) is 13.4. The lowest BCUT2D eigenvalue weighted by Crippen LogP contribution is -2.13. The maximum atomic E-state index is 11.8. The van der Waals surface area contributed by atoms with Crippen LogP contribution >= 0.6 is 23.5 Å². The molecule has 0 bridgehead atoms. The number of carbonyl (C=O) groups is 1. The average molecular weight is 456 g/mol. The zero-order valence-corrected chi connectivity index (χ0v) is 22.1. The molecule has 2 aliphatic carbocycles. The largest absolute Gasteiger partial charge is 0.378 e. The van der Waals surface area contributed by atoms with Gasteiger partial charge in [-0.25, -0.2) is 0 Å². The summed E-state index contributed by atoms with van der Waals surface area (Å²) in [7, 11) is 0. The molecule has 4 nitrogen and oxygen atoms in total. The Bertz CT molecular complexity index is 565. The fraction of sp³-hybridized carbons (Fsp3) is 0.708. The van der Waals surface area contributed by atoms with Gasteiger partial charge < -0.3 is 5.73 Å². The van der Waals surface area contributed by atoms with Crippen LogP contribution in [-0.2, 0) is 4.79 Å². The zero-order chi connectivity index (χ0) is 23.5. The highest BCUT2D eigenvalue weighted by molar-refractivity contribution is 8.26. The van der Waals surface area contributed by atoms with Crippen molar-refractivity contribution in [3.05, 3.63) is 23.1 Å². The van der Waals surface area contributed by atoms with Gasteiger partial charge in [-0.3, -0.25) is 10.2 Å². The quantitative estimate of drug-likeness (QED) is 0.253. The van der Waals surface area contributed by atoms with E-state index in [1.807, 2.05) is 34.6 Å². The normalized spacial score (nSPS) is 20.9. The number of nitrogens with zero attached hydrogens (tertiary/aromatic N) is 1. The number of hydrogen-bond donors (Lipinski definition) is 2. The van der Waals surface area contributed by atoms with Gasteiger partial charge in [-0.2, -0.15) is 4.99 Å². The van der Waals surface area contributed by atoms with Crippen molar-refractivity contribution in [3.8, 4) is 0 Å². The molecule has 0 heterocycles. The first-order chi connectivity index (χ1) is 14.4. The van der Waals surface area contributed by atoms with E-state index in [0.717, 1.165) is 30.5 Å². The number of carbonyl (C=O) groups excluding carboxylic acids is 1. The molecule has 1 amide bonds. The van der Waals surface area contributed by atoms with Gasteiger partial charge in [0, 0.05) is 5.92 Å². The summed E-state index contributed by atoms with van der Waals surface area (Å²) in [6, 6.07) is 0. The van der Waals surface area contributed by atoms with Crippen LogP contribution in [0.4, 0.5) is 0 Å². The van der Waals surface area contributed by atoms with E-state index in [2.05, 4.69) is 36.4 Å². The minimum atomic E-state index is -0.0758. The van der Waals surface area contributed by atoms with E-state index in [-0.39, 0.29) is 17.0 Å². The summed E-state index contributed by atoms with van der Waals surface area (Å²) in [6.45, 7) is 13.8. The molecule has 2 aliphatic rings. The molecule has 6 heteroatoms. The summed E-state index contributed by atoms with van der Waals surface area (Å²) in [5, 5.41) is 7.83. The molecule has 30 heavy (non-hydrogen) atoms. The van der Waals surface area contributed by atoms with Crippen molar-refractivity contribution in [1.82, 2.24) is 0 Å². The summed E-state index contributed by atoms with van der Waals surface area (Å²) in [5.41, 5.74) is 5.59. The number of amidine groups is 1. The van der Waals surface area contributed by atoms with E-state index in [1.54, 1.807) is 18.7 Å². The third kappa shape index (κ3) is 14.9. The molecule has 2 rings (SSSR count). The number of aliphatic imine (C=N–C) groups is 1. The molecule has 0 aromatic rings. The second-order valence-electron chi connectivity index (χ2n) is 6.82. The van der Waals surface area contributed by atoms with Gasteiger partial charge in [0.15, 0.2) is 5.17 Å². The van der Waals surface area contributed by atoms with Crippen molar-refractivity contribution in [2.45, 2.75) is 87.0 Å². The van der Waals surface area contributed by atoms with Crippen molar-refractivity contribution in [2.75, 3.05) is 6.26 Å². The molecular weight excluding hydrogens is 410 g/mol. The Kier molecular flexibility index (Phi) is 20.7. The van der Waals surface area contributed by atoms with Crippen LogP contribution in [0.2, 0.25) is 0 Å². The van der Waals surface area contributed by atoms with Crippen LogP contribution in [-0.4, -0.2) is 22.4 Å². The fourth-order valence-electron chi connectivity index (χ4n) is 3.23. The monoisotopic (exact) mass is 455 g/mol. The van der Waals surface area contributed by atoms with Gasteiger partial charge in [-0.05, 0) is 68.4 Å². The standard InChI is InChI=1S/C12H19N3OS.C8H14S.2C2H6/c1-7(13)17-12(14)15-11(16)10-6-9(10)8-4-2-3-5-8;1-4-5-6-7-8(2)9-3;2*1-2/h8-10,13H,2-6H2,1H3,(H2,14,15,16);4-5,7H,6H2,1-3H3;2*1-2H3/b;5-4-,8-7+;;. The maximum Gasteiger partial charge on any atom is 0.251 e. The van der Waals surface area contributed by atoms with Crippen LogP contribution in [0.5, 0.6) is 0 Å².